The van der Waals surface area contributed by atoms with Crippen molar-refractivity contribution in [2.45, 2.75) is 44.6 Å². The third kappa shape index (κ3) is 3.65. The number of benzene rings is 1. The van der Waals surface area contributed by atoms with E-state index in [1.165, 1.54) is 6.33 Å². The van der Waals surface area contributed by atoms with Crippen molar-refractivity contribution < 1.29 is 5.11 Å². The third-order valence-electron chi connectivity index (χ3n) is 4.82. The van der Waals surface area contributed by atoms with E-state index in [1.54, 1.807) is 0 Å². The molecule has 5 heteroatoms. The minimum absolute atomic E-state index is 0.175. The summed E-state index contributed by atoms with van der Waals surface area (Å²) in [6.07, 6.45) is 8.21. The van der Waals surface area contributed by atoms with Crippen molar-refractivity contribution in [1.29, 1.82) is 0 Å². The molecular formula is C18H22ClN3O. The lowest BCUT2D eigenvalue weighted by molar-refractivity contribution is 0.0218. The van der Waals surface area contributed by atoms with Gasteiger partial charge in [0.25, 0.3) is 0 Å². The molecule has 1 aliphatic carbocycles. The Morgan fingerprint density at radius 3 is 2.83 bits per heavy atom. The van der Waals surface area contributed by atoms with Gasteiger partial charge in [-0.15, -0.1) is 0 Å². The minimum Gasteiger partial charge on any atom is -0.385 e. The average molecular weight is 332 g/mol. The number of H-pyrrole nitrogens is 1. The monoisotopic (exact) mass is 331 g/mol. The second-order valence-corrected chi connectivity index (χ2v) is 6.84. The van der Waals surface area contributed by atoms with Gasteiger partial charge < -0.3 is 5.11 Å². The quantitative estimate of drug-likeness (QED) is 0.835. The lowest BCUT2D eigenvalue weighted by atomic mass is 9.77. The second kappa shape index (κ2) is 6.85. The van der Waals surface area contributed by atoms with Gasteiger partial charge in [-0.3, -0.25) is 5.10 Å². The average Bonchev–Trinajstić information content (AvgIpc) is 3.00. The smallest absolute Gasteiger partial charge is 0.137 e. The van der Waals surface area contributed by atoms with E-state index in [0.29, 0.717) is 6.42 Å². The van der Waals surface area contributed by atoms with Gasteiger partial charge in [0.05, 0.1) is 5.60 Å². The summed E-state index contributed by atoms with van der Waals surface area (Å²) in [6, 6.07) is 7.73. The van der Waals surface area contributed by atoms with Crippen molar-refractivity contribution in [2.24, 2.45) is 5.92 Å². The van der Waals surface area contributed by atoms with E-state index in [1.807, 2.05) is 24.3 Å². The molecule has 1 aromatic heterocycles. The number of halogens is 1. The Labute approximate surface area is 141 Å². The predicted molar refractivity (Wildman–Crippen MR) is 92.1 cm³/mol. The van der Waals surface area contributed by atoms with Gasteiger partial charge in [-0.2, -0.15) is 5.10 Å². The first-order chi connectivity index (χ1) is 11.1. The molecule has 2 N–H and O–H groups in total. The molecule has 0 saturated heterocycles. The van der Waals surface area contributed by atoms with Gasteiger partial charge in [0, 0.05) is 11.4 Å². The molecule has 1 fully saturated rings. The lowest BCUT2D eigenvalue weighted by Crippen LogP contribution is -2.40. The van der Waals surface area contributed by atoms with E-state index in [0.717, 1.165) is 47.7 Å². The molecule has 122 valence electrons. The highest BCUT2D eigenvalue weighted by molar-refractivity contribution is 6.30. The number of hydrogen-bond donors (Lipinski definition) is 2. The molecule has 0 amide bonds. The van der Waals surface area contributed by atoms with Crippen LogP contribution in [0.15, 0.2) is 36.2 Å². The summed E-state index contributed by atoms with van der Waals surface area (Å²) in [5, 5.41) is 19.0. The molecular weight excluding hydrogens is 310 g/mol. The Bertz CT molecular complexity index is 666. The van der Waals surface area contributed by atoms with Crippen molar-refractivity contribution in [3.63, 3.8) is 0 Å². The van der Waals surface area contributed by atoms with Crippen molar-refractivity contribution in [1.82, 2.24) is 15.2 Å². The number of aromatic nitrogens is 3. The molecule has 1 heterocycles. The highest BCUT2D eigenvalue weighted by Crippen LogP contribution is 2.39. The van der Waals surface area contributed by atoms with Crippen molar-refractivity contribution >= 4 is 17.7 Å². The van der Waals surface area contributed by atoms with Crippen LogP contribution in [0, 0.1) is 5.92 Å². The maximum atomic E-state index is 11.5. The molecule has 2 atom stereocenters. The first-order valence-corrected chi connectivity index (χ1v) is 8.49. The fraction of sp³-hybridized carbons (Fsp3) is 0.444. The Balaban J connectivity index is 1.97. The fourth-order valence-electron chi connectivity index (χ4n) is 3.35. The fourth-order valence-corrected chi connectivity index (χ4v) is 3.48. The van der Waals surface area contributed by atoms with Crippen LogP contribution < -0.4 is 0 Å². The van der Waals surface area contributed by atoms with Gasteiger partial charge in [0.2, 0.25) is 0 Å². The molecule has 0 radical (unpaired) electrons. The highest BCUT2D eigenvalue weighted by Gasteiger charge is 2.39. The molecule has 2 unspecified atom stereocenters. The Kier molecular flexibility index (Phi) is 4.83. The molecule has 0 aliphatic heterocycles. The molecule has 0 bridgehead atoms. The van der Waals surface area contributed by atoms with E-state index >= 15 is 0 Å². The molecule has 0 spiro atoms. The van der Waals surface area contributed by atoms with Crippen LogP contribution in [0.4, 0.5) is 0 Å². The van der Waals surface area contributed by atoms with Gasteiger partial charge in [-0.05, 0) is 48.4 Å². The van der Waals surface area contributed by atoms with Crippen LogP contribution in [-0.4, -0.2) is 25.9 Å². The van der Waals surface area contributed by atoms with Crippen LogP contribution >= 0.6 is 11.6 Å². The maximum Gasteiger partial charge on any atom is 0.137 e. The first-order valence-electron chi connectivity index (χ1n) is 8.11. The SMILES string of the molecule is CC1CCCCC(=Cc2ccc(Cl)cc2)C1(O)Cc1ncn[nH]1. The van der Waals surface area contributed by atoms with E-state index in [-0.39, 0.29) is 5.92 Å². The molecule has 23 heavy (non-hydrogen) atoms. The molecule has 2 aromatic rings. The molecule has 4 nitrogen and oxygen atoms in total. The van der Waals surface area contributed by atoms with E-state index in [2.05, 4.69) is 28.2 Å². The van der Waals surface area contributed by atoms with Crippen LogP contribution in [0.1, 0.15) is 44.0 Å². The predicted octanol–water partition coefficient (Wildman–Crippen LogP) is 4.03. The molecule has 1 aromatic carbocycles. The Morgan fingerprint density at radius 2 is 2.13 bits per heavy atom. The summed E-state index contributed by atoms with van der Waals surface area (Å²) in [5.41, 5.74) is 1.24. The van der Waals surface area contributed by atoms with Crippen molar-refractivity contribution in [2.75, 3.05) is 0 Å². The minimum atomic E-state index is -0.893. The highest BCUT2D eigenvalue weighted by atomic mass is 35.5. The van der Waals surface area contributed by atoms with Crippen LogP contribution in [0.5, 0.6) is 0 Å². The third-order valence-corrected chi connectivity index (χ3v) is 5.07. The summed E-state index contributed by atoms with van der Waals surface area (Å²) in [7, 11) is 0. The van der Waals surface area contributed by atoms with Crippen molar-refractivity contribution in [3.05, 3.63) is 52.6 Å². The van der Waals surface area contributed by atoms with E-state index < -0.39 is 5.60 Å². The van der Waals surface area contributed by atoms with Gasteiger partial charge in [0.1, 0.15) is 12.2 Å². The zero-order valence-electron chi connectivity index (χ0n) is 13.3. The summed E-state index contributed by atoms with van der Waals surface area (Å²) >= 11 is 5.97. The number of nitrogens with zero attached hydrogens (tertiary/aromatic N) is 2. The van der Waals surface area contributed by atoms with E-state index in [9.17, 15) is 5.11 Å². The summed E-state index contributed by atoms with van der Waals surface area (Å²) in [6.45, 7) is 2.12. The standard InChI is InChI=1S/C18H22ClN3O/c1-13-4-2-3-5-15(10-14-6-8-16(19)9-7-14)18(13,23)11-17-20-12-21-22-17/h6-10,12-13,23H,2-5,11H2,1H3,(H,20,21,22). The number of hydrogen-bond acceptors (Lipinski definition) is 3. The summed E-state index contributed by atoms with van der Waals surface area (Å²) in [5.74, 6) is 0.900. The normalized spacial score (nSPS) is 27.1. The summed E-state index contributed by atoms with van der Waals surface area (Å²) in [4.78, 5) is 4.20. The van der Waals surface area contributed by atoms with Crippen LogP contribution in [0.2, 0.25) is 5.02 Å². The second-order valence-electron chi connectivity index (χ2n) is 6.40. The zero-order chi connectivity index (χ0) is 16.3. The Morgan fingerprint density at radius 1 is 1.35 bits per heavy atom. The number of aromatic amines is 1. The summed E-state index contributed by atoms with van der Waals surface area (Å²) < 4.78 is 0. The van der Waals surface area contributed by atoms with Crippen LogP contribution in [-0.2, 0) is 6.42 Å². The molecule has 1 saturated carbocycles. The topological polar surface area (TPSA) is 61.8 Å². The van der Waals surface area contributed by atoms with Gasteiger partial charge in [-0.1, -0.05) is 43.2 Å². The maximum absolute atomic E-state index is 11.5. The number of rotatable bonds is 3. The lowest BCUT2D eigenvalue weighted by Gasteiger charge is -2.34. The molecule has 3 rings (SSSR count). The van der Waals surface area contributed by atoms with E-state index in [4.69, 9.17) is 11.6 Å². The first kappa shape index (κ1) is 16.2. The van der Waals surface area contributed by atoms with Gasteiger partial charge in [0.15, 0.2) is 0 Å². The van der Waals surface area contributed by atoms with Crippen LogP contribution in [0.25, 0.3) is 6.08 Å². The van der Waals surface area contributed by atoms with Crippen LogP contribution in [0.3, 0.4) is 0 Å². The molecule has 1 aliphatic rings. The van der Waals surface area contributed by atoms with Gasteiger partial charge >= 0.3 is 0 Å². The van der Waals surface area contributed by atoms with Crippen molar-refractivity contribution in [3.8, 4) is 0 Å². The number of nitrogens with one attached hydrogen (secondary N) is 1. The Hall–Kier alpha value is -1.65. The largest absolute Gasteiger partial charge is 0.385 e. The van der Waals surface area contributed by atoms with Gasteiger partial charge in [-0.25, -0.2) is 4.98 Å². The zero-order valence-corrected chi connectivity index (χ0v) is 14.1. The number of aliphatic hydroxyl groups is 1.